The van der Waals surface area contributed by atoms with Crippen LogP contribution in [-0.4, -0.2) is 28.4 Å². The van der Waals surface area contributed by atoms with E-state index in [9.17, 15) is 9.90 Å². The van der Waals surface area contributed by atoms with Crippen molar-refractivity contribution in [3.63, 3.8) is 0 Å². The summed E-state index contributed by atoms with van der Waals surface area (Å²) in [5.74, 6) is -0.757. The van der Waals surface area contributed by atoms with Crippen molar-refractivity contribution in [3.05, 3.63) is 35.9 Å². The monoisotopic (exact) mass is 296 g/mol. The van der Waals surface area contributed by atoms with Crippen LogP contribution in [0.3, 0.4) is 0 Å². The molecule has 0 aromatic heterocycles. The van der Waals surface area contributed by atoms with Gasteiger partial charge >= 0.3 is 5.97 Å². The van der Waals surface area contributed by atoms with Crippen molar-refractivity contribution in [3.8, 4) is 0 Å². The molecule has 0 spiro atoms. The van der Waals surface area contributed by atoms with E-state index < -0.39 is 28.4 Å². The first-order valence-corrected chi connectivity index (χ1v) is 12.4. The predicted molar refractivity (Wildman–Crippen MR) is 83.5 cm³/mol. The maximum absolute atomic E-state index is 12.1. The summed E-state index contributed by atoms with van der Waals surface area (Å²) >= 11 is 0. The smallest absolute Gasteiger partial charge is 0.313 e. The molecule has 5 heteroatoms. The van der Waals surface area contributed by atoms with Crippen LogP contribution in [0.1, 0.15) is 18.9 Å². The van der Waals surface area contributed by atoms with E-state index in [0.717, 1.165) is 5.56 Å². The second-order valence-corrected chi connectivity index (χ2v) is 12.5. The molecule has 0 fully saturated rings. The lowest BCUT2D eigenvalue weighted by Gasteiger charge is -2.42. The fourth-order valence-electron chi connectivity index (χ4n) is 2.92. The van der Waals surface area contributed by atoms with Crippen molar-refractivity contribution in [1.29, 1.82) is 0 Å². The highest BCUT2D eigenvalue weighted by molar-refractivity contribution is 6.82. The highest BCUT2D eigenvalue weighted by Gasteiger charge is 2.54. The molecule has 1 atom stereocenters. The molecule has 1 unspecified atom stereocenters. The summed E-state index contributed by atoms with van der Waals surface area (Å²) in [6.45, 7) is 10.2. The maximum Gasteiger partial charge on any atom is 0.313 e. The maximum atomic E-state index is 12.1. The number of hydrogen-bond donors (Lipinski definition) is 1. The third kappa shape index (κ3) is 2.99. The van der Waals surface area contributed by atoms with Gasteiger partial charge in [0.05, 0.1) is 0 Å². The van der Waals surface area contributed by atoms with E-state index in [1.165, 1.54) is 0 Å². The number of rotatable bonds is 6. The largest absolute Gasteiger partial charge is 0.481 e. The highest BCUT2D eigenvalue weighted by Crippen LogP contribution is 2.39. The van der Waals surface area contributed by atoms with Crippen LogP contribution in [0.15, 0.2) is 30.3 Å². The molecule has 0 aliphatic rings. The molecular formula is C14H24O3Si2. The van der Waals surface area contributed by atoms with E-state index in [2.05, 4.69) is 13.1 Å². The van der Waals surface area contributed by atoms with Gasteiger partial charge in [0.1, 0.15) is 5.04 Å². The first-order valence-electron chi connectivity index (χ1n) is 6.74. The van der Waals surface area contributed by atoms with E-state index in [0.29, 0.717) is 6.42 Å². The summed E-state index contributed by atoms with van der Waals surface area (Å²) in [5, 5.41) is 9.03. The van der Waals surface area contributed by atoms with Crippen molar-refractivity contribution < 1.29 is 14.0 Å². The zero-order valence-corrected chi connectivity index (χ0v) is 14.6. The average molecular weight is 297 g/mol. The van der Waals surface area contributed by atoms with Crippen LogP contribution < -0.4 is 0 Å². The van der Waals surface area contributed by atoms with Gasteiger partial charge in [-0.25, -0.2) is 0 Å². The lowest BCUT2D eigenvalue weighted by molar-refractivity contribution is -0.141. The summed E-state index contributed by atoms with van der Waals surface area (Å²) in [6.07, 6.45) is 0.562. The van der Waals surface area contributed by atoms with Gasteiger partial charge in [-0.3, -0.25) is 4.79 Å². The first-order chi connectivity index (χ1) is 8.78. The minimum absolute atomic E-state index is 0.562. The molecule has 1 rings (SSSR count). The molecule has 0 amide bonds. The Bertz CT molecular complexity index is 432. The van der Waals surface area contributed by atoms with Crippen molar-refractivity contribution in [2.75, 3.05) is 0 Å². The van der Waals surface area contributed by atoms with Gasteiger partial charge in [0.25, 0.3) is 0 Å². The van der Waals surface area contributed by atoms with E-state index in [4.69, 9.17) is 4.12 Å². The van der Waals surface area contributed by atoms with Gasteiger partial charge in [0, 0.05) is 0 Å². The molecule has 0 saturated carbocycles. The minimum atomic E-state index is -2.39. The van der Waals surface area contributed by atoms with Crippen LogP contribution >= 0.6 is 0 Å². The number of carbonyl (C=O) groups is 1. The third-order valence-electron chi connectivity index (χ3n) is 3.72. The SMILES string of the molecule is CCC(C(=O)O)(c1ccccc1)[Si](C)(C)O[SiH](C)C. The van der Waals surface area contributed by atoms with Gasteiger partial charge in [-0.15, -0.1) is 0 Å². The summed E-state index contributed by atoms with van der Waals surface area (Å²) in [4.78, 5) is 12.1. The molecule has 1 aromatic carbocycles. The average Bonchev–Trinajstić information content (AvgIpc) is 2.29. The second-order valence-electron chi connectivity index (χ2n) is 5.61. The van der Waals surface area contributed by atoms with Crippen molar-refractivity contribution >= 4 is 23.3 Å². The Kier molecular flexibility index (Phi) is 5.12. The van der Waals surface area contributed by atoms with Gasteiger partial charge < -0.3 is 9.22 Å². The van der Waals surface area contributed by atoms with Gasteiger partial charge in [-0.05, 0) is 38.2 Å². The van der Waals surface area contributed by atoms with Crippen LogP contribution in [-0.2, 0) is 13.9 Å². The van der Waals surface area contributed by atoms with Crippen LogP contribution in [0.2, 0.25) is 26.2 Å². The lowest BCUT2D eigenvalue weighted by Crippen LogP contribution is -2.60. The molecule has 1 N–H and O–H groups in total. The van der Waals surface area contributed by atoms with Gasteiger partial charge in [0.15, 0.2) is 17.4 Å². The van der Waals surface area contributed by atoms with Crippen LogP contribution in [0.5, 0.6) is 0 Å². The Morgan fingerprint density at radius 3 is 2.21 bits per heavy atom. The Balaban J connectivity index is 3.40. The van der Waals surface area contributed by atoms with Crippen molar-refractivity contribution in [2.45, 2.75) is 44.6 Å². The molecule has 106 valence electrons. The topological polar surface area (TPSA) is 46.5 Å². The lowest BCUT2D eigenvalue weighted by atomic mass is 9.95. The summed E-state index contributed by atoms with van der Waals surface area (Å²) in [6, 6.07) is 9.55. The van der Waals surface area contributed by atoms with E-state index in [1.54, 1.807) is 0 Å². The molecule has 19 heavy (non-hydrogen) atoms. The molecule has 0 saturated heterocycles. The Labute approximate surface area is 118 Å². The molecule has 0 aliphatic carbocycles. The van der Waals surface area contributed by atoms with Gasteiger partial charge in [0.2, 0.25) is 0 Å². The standard InChI is InChI=1S/C14H24O3Si2/c1-6-14(13(15)16,12-10-8-7-9-11-12)19(4,5)17-18(2)3/h7-11,18H,6H2,1-5H3,(H,15,16). The van der Waals surface area contributed by atoms with Gasteiger partial charge in [-0.2, -0.15) is 0 Å². The Morgan fingerprint density at radius 2 is 1.84 bits per heavy atom. The molecule has 0 radical (unpaired) electrons. The van der Waals surface area contributed by atoms with E-state index >= 15 is 0 Å². The third-order valence-corrected chi connectivity index (χ3v) is 10.9. The second kappa shape index (κ2) is 6.02. The van der Waals surface area contributed by atoms with E-state index in [-0.39, 0.29) is 0 Å². The number of benzene rings is 1. The fourth-order valence-corrected chi connectivity index (χ4v) is 10.7. The van der Waals surface area contributed by atoms with Gasteiger partial charge in [-0.1, -0.05) is 37.3 Å². The predicted octanol–water partition coefficient (Wildman–Crippen LogP) is 3.16. The van der Waals surface area contributed by atoms with Crippen molar-refractivity contribution in [2.24, 2.45) is 0 Å². The molecule has 3 nitrogen and oxygen atoms in total. The minimum Gasteiger partial charge on any atom is -0.481 e. The zero-order valence-electron chi connectivity index (χ0n) is 12.4. The Hall–Kier alpha value is -0.916. The fraction of sp³-hybridized carbons (Fsp3) is 0.500. The van der Waals surface area contributed by atoms with Crippen LogP contribution in [0, 0.1) is 0 Å². The molecule has 1 aromatic rings. The number of aliphatic carboxylic acids is 1. The van der Waals surface area contributed by atoms with Crippen LogP contribution in [0.4, 0.5) is 0 Å². The van der Waals surface area contributed by atoms with E-state index in [1.807, 2.05) is 50.3 Å². The zero-order chi connectivity index (χ0) is 14.7. The summed E-state index contributed by atoms with van der Waals surface area (Å²) < 4.78 is 6.21. The normalized spacial score (nSPS) is 15.3. The highest BCUT2D eigenvalue weighted by atomic mass is 28.4. The number of carboxylic acids is 1. The molecular weight excluding hydrogens is 272 g/mol. The quantitative estimate of drug-likeness (QED) is 0.820. The molecule has 0 heterocycles. The molecule has 0 aliphatic heterocycles. The Morgan fingerprint density at radius 1 is 1.32 bits per heavy atom. The molecule has 0 bridgehead atoms. The summed E-state index contributed by atoms with van der Waals surface area (Å²) in [5.41, 5.74) is 0.872. The number of carboxylic acid groups (broad SMARTS) is 1. The summed E-state index contributed by atoms with van der Waals surface area (Å²) in [7, 11) is -3.66. The van der Waals surface area contributed by atoms with Crippen molar-refractivity contribution in [1.82, 2.24) is 0 Å². The number of hydrogen-bond acceptors (Lipinski definition) is 2. The first kappa shape index (κ1) is 16.1. The van der Waals surface area contributed by atoms with Crippen LogP contribution in [0.25, 0.3) is 0 Å².